The maximum Gasteiger partial charge on any atom is 0.309 e. The van der Waals surface area contributed by atoms with Crippen LogP contribution in [-0.2, 0) is 57.6 Å². The van der Waals surface area contributed by atoms with Crippen molar-refractivity contribution >= 4 is 23.7 Å². The number of hydrogen-bond donors (Lipinski definition) is 2. The van der Waals surface area contributed by atoms with Crippen LogP contribution in [0.25, 0.3) is 0 Å². The van der Waals surface area contributed by atoms with E-state index in [0.29, 0.717) is 62.0 Å². The molecule has 3 unspecified atom stereocenters. The Kier molecular flexibility index (Phi) is 11.5. The first-order valence-corrected chi connectivity index (χ1v) is 15.3. The van der Waals surface area contributed by atoms with Gasteiger partial charge in [0.05, 0.1) is 24.9 Å². The maximum absolute atomic E-state index is 11.4. The molecule has 0 radical (unpaired) electrons. The first-order valence-electron chi connectivity index (χ1n) is 15.3. The quantitative estimate of drug-likeness (QED) is 0.309. The molecule has 0 saturated heterocycles. The van der Waals surface area contributed by atoms with E-state index in [9.17, 15) is 19.2 Å². The van der Waals surface area contributed by atoms with Crippen molar-refractivity contribution in [3.63, 3.8) is 0 Å². The Bertz CT molecular complexity index is 1770. The van der Waals surface area contributed by atoms with Crippen LogP contribution >= 0.6 is 0 Å². The summed E-state index contributed by atoms with van der Waals surface area (Å²) in [5.74, 6) is -2.37. The Morgan fingerprint density at radius 1 is 0.681 bits per heavy atom. The summed E-state index contributed by atoms with van der Waals surface area (Å²) in [6.45, 7) is 1.48. The number of ether oxygens (including phenoxy) is 1. The number of ketones is 1. The maximum atomic E-state index is 11.4. The summed E-state index contributed by atoms with van der Waals surface area (Å²) in [6.07, 6.45) is 5.74. The van der Waals surface area contributed by atoms with Crippen LogP contribution in [0.3, 0.4) is 0 Å². The third kappa shape index (κ3) is 8.82. The average molecular weight is 638 g/mol. The van der Waals surface area contributed by atoms with Gasteiger partial charge in [-0.15, -0.1) is 0 Å². The minimum absolute atomic E-state index is 0.0526. The fourth-order valence-corrected chi connectivity index (χ4v) is 5.94. The fourth-order valence-electron chi connectivity index (χ4n) is 5.94. The number of pyridine rings is 3. The molecule has 0 fully saturated rings. The molecule has 0 aromatic carbocycles. The highest BCUT2D eigenvalue weighted by atomic mass is 16.5. The number of methoxy groups -OCH3 is 1. The number of aryl methyl sites for hydroxylation is 3. The number of aromatic nitrogens is 3. The highest BCUT2D eigenvalue weighted by Crippen LogP contribution is 2.27. The molecule has 0 amide bonds. The highest BCUT2D eigenvalue weighted by Gasteiger charge is 2.27. The van der Waals surface area contributed by atoms with E-state index in [1.54, 1.807) is 18.2 Å². The van der Waals surface area contributed by atoms with Crippen molar-refractivity contribution < 1.29 is 34.1 Å². The minimum atomic E-state index is -0.749. The van der Waals surface area contributed by atoms with Crippen LogP contribution in [0.1, 0.15) is 81.8 Å². The number of carboxylic acids is 2. The zero-order valence-corrected chi connectivity index (χ0v) is 26.2. The molecule has 6 rings (SSSR count). The summed E-state index contributed by atoms with van der Waals surface area (Å²) < 4.78 is 4.74. The van der Waals surface area contributed by atoms with Gasteiger partial charge >= 0.3 is 17.9 Å². The predicted octanol–water partition coefficient (Wildman–Crippen LogP) is 3.85. The van der Waals surface area contributed by atoms with E-state index in [2.05, 4.69) is 15.0 Å². The molecule has 0 spiro atoms. The summed E-state index contributed by atoms with van der Waals surface area (Å²) in [5.41, 5.74) is 7.00. The zero-order valence-electron chi connectivity index (χ0n) is 26.2. The Balaban J connectivity index is 0.000000160. The van der Waals surface area contributed by atoms with E-state index in [1.165, 1.54) is 14.0 Å². The zero-order chi connectivity index (χ0) is 34.1. The molecule has 3 aromatic rings. The number of hydrogen-bond acceptors (Lipinski definition) is 10. The molecule has 0 saturated carbocycles. The third-order valence-electron chi connectivity index (χ3n) is 8.62. The molecule has 2 N–H and O–H groups in total. The lowest BCUT2D eigenvalue weighted by Gasteiger charge is -2.21. The number of carbonyl (C=O) groups is 4. The smallest absolute Gasteiger partial charge is 0.309 e. The number of Topliss-reactive ketones (excluding diaryl/α,β-unsaturated/α-hetero) is 1. The van der Waals surface area contributed by atoms with Gasteiger partial charge in [-0.3, -0.25) is 19.2 Å². The van der Waals surface area contributed by atoms with E-state index in [0.717, 1.165) is 46.6 Å². The van der Waals surface area contributed by atoms with E-state index < -0.39 is 11.9 Å². The van der Waals surface area contributed by atoms with E-state index in [4.69, 9.17) is 25.5 Å². The van der Waals surface area contributed by atoms with Crippen LogP contribution in [0.15, 0.2) is 36.4 Å². The monoisotopic (exact) mass is 637 g/mol. The van der Waals surface area contributed by atoms with Gasteiger partial charge in [-0.2, -0.15) is 10.5 Å². The summed E-state index contributed by atoms with van der Waals surface area (Å²) in [4.78, 5) is 56.9. The Morgan fingerprint density at radius 3 is 1.49 bits per heavy atom. The molecule has 12 nitrogen and oxygen atoms in total. The van der Waals surface area contributed by atoms with E-state index in [1.807, 2.05) is 30.3 Å². The lowest BCUT2D eigenvalue weighted by Crippen LogP contribution is -2.24. The van der Waals surface area contributed by atoms with Gasteiger partial charge in [0.1, 0.15) is 29.2 Å². The molecular weight excluding hydrogens is 602 g/mol. The van der Waals surface area contributed by atoms with Gasteiger partial charge in [-0.25, -0.2) is 15.0 Å². The largest absolute Gasteiger partial charge is 0.481 e. The number of aliphatic carboxylic acids is 2. The van der Waals surface area contributed by atoms with Gasteiger partial charge in [-0.1, -0.05) is 18.2 Å². The second-order valence-corrected chi connectivity index (χ2v) is 11.7. The van der Waals surface area contributed by atoms with Crippen LogP contribution in [0.2, 0.25) is 0 Å². The van der Waals surface area contributed by atoms with Crippen LogP contribution in [-0.4, -0.2) is 56.0 Å². The lowest BCUT2D eigenvalue weighted by atomic mass is 9.86. The average Bonchev–Trinajstić information content (AvgIpc) is 3.10. The number of rotatable bonds is 4. The molecule has 242 valence electrons. The Hall–Kier alpha value is -5.49. The Morgan fingerprint density at radius 2 is 1.09 bits per heavy atom. The van der Waals surface area contributed by atoms with Crippen LogP contribution in [0, 0.1) is 40.4 Å². The highest BCUT2D eigenvalue weighted by molar-refractivity contribution is 5.92. The van der Waals surface area contributed by atoms with Gasteiger partial charge in [0.25, 0.3) is 0 Å². The number of carbonyl (C=O) groups excluding carboxylic acids is 2. The van der Waals surface area contributed by atoms with Gasteiger partial charge in [0.15, 0.2) is 5.78 Å². The molecule has 0 bridgehead atoms. The van der Waals surface area contributed by atoms with Crippen molar-refractivity contribution in [2.45, 2.75) is 64.7 Å². The van der Waals surface area contributed by atoms with Gasteiger partial charge < -0.3 is 14.9 Å². The number of esters is 1. The molecule has 3 aromatic heterocycles. The number of nitriles is 2. The molecule has 47 heavy (non-hydrogen) atoms. The van der Waals surface area contributed by atoms with Crippen molar-refractivity contribution in [3.8, 4) is 12.1 Å². The SMILES string of the molecule is CC(=O)c1ccc2c(n1)CCC(C(=O)O)C2.COC(=O)C1CCc2nc(C#N)ccc2C1.N#Cc1ccc2c(n1)CCC(C(=O)O)C2. The molecule has 3 atom stereocenters. The second kappa shape index (κ2) is 15.7. The molecule has 0 aliphatic heterocycles. The topological polar surface area (TPSA) is 204 Å². The minimum Gasteiger partial charge on any atom is -0.481 e. The summed E-state index contributed by atoms with van der Waals surface area (Å²) in [7, 11) is 1.41. The normalized spacial score (nSPS) is 18.8. The van der Waals surface area contributed by atoms with Crippen molar-refractivity contribution in [3.05, 3.63) is 87.3 Å². The summed E-state index contributed by atoms with van der Waals surface area (Å²) in [5, 5.41) is 35.2. The first kappa shape index (κ1) is 34.4. The van der Waals surface area contributed by atoms with Crippen molar-refractivity contribution in [1.29, 1.82) is 10.5 Å². The molecular formula is C35H35N5O7. The number of carboxylic acid groups (broad SMARTS) is 2. The first-order chi connectivity index (χ1) is 22.5. The van der Waals surface area contributed by atoms with Crippen molar-refractivity contribution in [2.75, 3.05) is 7.11 Å². The van der Waals surface area contributed by atoms with Crippen LogP contribution < -0.4 is 0 Å². The van der Waals surface area contributed by atoms with Crippen LogP contribution in [0.4, 0.5) is 0 Å². The Labute approximate surface area is 272 Å². The van der Waals surface area contributed by atoms with E-state index >= 15 is 0 Å². The lowest BCUT2D eigenvalue weighted by molar-refractivity contribution is -0.146. The fraction of sp³-hybridized carbons (Fsp3) is 0.400. The molecule has 3 aliphatic carbocycles. The summed E-state index contributed by atoms with van der Waals surface area (Å²) in [6, 6.07) is 14.5. The van der Waals surface area contributed by atoms with Crippen molar-refractivity contribution in [2.24, 2.45) is 17.8 Å². The second-order valence-electron chi connectivity index (χ2n) is 11.7. The van der Waals surface area contributed by atoms with E-state index in [-0.39, 0.29) is 29.5 Å². The van der Waals surface area contributed by atoms with Gasteiger partial charge in [-0.05, 0) is 92.7 Å². The van der Waals surface area contributed by atoms with Crippen LogP contribution in [0.5, 0.6) is 0 Å². The molecule has 3 aliphatic rings. The van der Waals surface area contributed by atoms with Gasteiger partial charge in [0, 0.05) is 24.0 Å². The van der Waals surface area contributed by atoms with Gasteiger partial charge in [0.2, 0.25) is 0 Å². The summed E-state index contributed by atoms with van der Waals surface area (Å²) >= 11 is 0. The number of fused-ring (bicyclic) bond motifs is 3. The molecule has 3 heterocycles. The number of nitrogens with zero attached hydrogens (tertiary/aromatic N) is 5. The standard InChI is InChI=1S/C12H12N2O2.C12H13NO3.C11H10N2O2/c1-16-12(15)9-3-5-11-8(6-9)2-4-10(7-13)14-11;1-7(14)10-4-2-8-6-9(12(15)16)3-5-11(8)13-10;12-6-9-3-1-7-5-8(11(14)15)2-4-10(7)13-9/h2,4,9H,3,5-6H2,1H3;2,4,9H,3,5-6H2,1H3,(H,15,16);1,3,8H,2,4-5H2,(H,14,15). The predicted molar refractivity (Wildman–Crippen MR) is 166 cm³/mol. The molecule has 12 heteroatoms. The van der Waals surface area contributed by atoms with Crippen molar-refractivity contribution in [1.82, 2.24) is 15.0 Å². The third-order valence-corrected chi connectivity index (χ3v) is 8.62.